The van der Waals surface area contributed by atoms with Crippen LogP contribution in [0.4, 0.5) is 11.4 Å². The Labute approximate surface area is 236 Å². The largest absolute Gasteiger partial charge is 0.497 e. The second-order valence-corrected chi connectivity index (χ2v) is 10.2. The molecule has 0 bridgehead atoms. The van der Waals surface area contributed by atoms with E-state index in [2.05, 4.69) is 15.6 Å². The monoisotopic (exact) mass is 555 g/mol. The van der Waals surface area contributed by atoms with Gasteiger partial charge in [0.15, 0.2) is 5.17 Å². The van der Waals surface area contributed by atoms with E-state index >= 15 is 0 Å². The van der Waals surface area contributed by atoms with Crippen LogP contribution in [0.1, 0.15) is 24.0 Å². The number of amides is 3. The molecule has 2 N–H and O–H groups in total. The number of carbonyl (C=O) groups is 3. The van der Waals surface area contributed by atoms with Crippen LogP contribution in [0.15, 0.2) is 88.8 Å². The number of thioether (sulfide) groups is 1. The molecule has 3 aromatic carbocycles. The number of nitrogens with zero attached hydrogens (tertiary/aromatic N) is 3. The fourth-order valence-electron chi connectivity index (χ4n) is 4.46. The molecule has 204 valence electrons. The summed E-state index contributed by atoms with van der Waals surface area (Å²) in [5.74, 6) is 0.573. The van der Waals surface area contributed by atoms with Gasteiger partial charge in [0.1, 0.15) is 17.6 Å². The van der Waals surface area contributed by atoms with Crippen molar-refractivity contribution in [2.45, 2.75) is 25.3 Å². The first-order valence-corrected chi connectivity index (χ1v) is 14.0. The number of para-hydroxylation sites is 1. The van der Waals surface area contributed by atoms with Gasteiger partial charge in [-0.1, -0.05) is 60.3 Å². The molecule has 3 aromatic rings. The fourth-order valence-corrected chi connectivity index (χ4v) is 5.26. The summed E-state index contributed by atoms with van der Waals surface area (Å²) >= 11 is 1.17. The first-order valence-electron chi connectivity index (χ1n) is 13.0. The molecule has 0 saturated carbocycles. The lowest BCUT2D eigenvalue weighted by Gasteiger charge is -2.25. The van der Waals surface area contributed by atoms with Crippen molar-refractivity contribution in [3.8, 4) is 5.75 Å². The van der Waals surface area contributed by atoms with Gasteiger partial charge in [-0.2, -0.15) is 0 Å². The number of ether oxygens (including phenoxy) is 1. The SMILES string of the molecule is COc1cccc(NC(=O)CSC2=Nc3ccccc3C3=N[C@H](CCC(=O)NCCc4ccccc4)C(=O)N23)c1. The predicted molar refractivity (Wildman–Crippen MR) is 157 cm³/mol. The lowest BCUT2D eigenvalue weighted by molar-refractivity contribution is -0.125. The summed E-state index contributed by atoms with van der Waals surface area (Å²) in [5, 5.41) is 6.15. The summed E-state index contributed by atoms with van der Waals surface area (Å²) in [7, 11) is 1.56. The van der Waals surface area contributed by atoms with Crippen LogP contribution in [-0.4, -0.2) is 59.1 Å². The molecular formula is C30H29N5O4S. The predicted octanol–water partition coefficient (Wildman–Crippen LogP) is 4.16. The molecule has 0 saturated heterocycles. The summed E-state index contributed by atoms with van der Waals surface area (Å²) in [5.41, 5.74) is 3.19. The van der Waals surface area contributed by atoms with Gasteiger partial charge < -0.3 is 15.4 Å². The summed E-state index contributed by atoms with van der Waals surface area (Å²) in [4.78, 5) is 49.5. The number of amidine groups is 2. The maximum atomic E-state index is 13.4. The van der Waals surface area contributed by atoms with Crippen molar-refractivity contribution in [2.75, 3.05) is 24.7 Å². The fraction of sp³-hybridized carbons (Fsp3) is 0.233. The third-order valence-electron chi connectivity index (χ3n) is 6.46. The van der Waals surface area contributed by atoms with Gasteiger partial charge in [-0.25, -0.2) is 9.89 Å². The van der Waals surface area contributed by atoms with Crippen molar-refractivity contribution in [3.05, 3.63) is 90.0 Å². The van der Waals surface area contributed by atoms with Crippen LogP contribution in [0.25, 0.3) is 0 Å². The molecule has 1 atom stereocenters. The van der Waals surface area contributed by atoms with E-state index in [1.807, 2.05) is 54.6 Å². The van der Waals surface area contributed by atoms with E-state index in [0.717, 1.165) is 17.5 Å². The van der Waals surface area contributed by atoms with Crippen molar-refractivity contribution in [3.63, 3.8) is 0 Å². The lowest BCUT2D eigenvalue weighted by atomic mass is 10.1. The molecule has 0 aliphatic carbocycles. The Hall–Kier alpha value is -4.44. The Morgan fingerprint density at radius 1 is 1.00 bits per heavy atom. The lowest BCUT2D eigenvalue weighted by Crippen LogP contribution is -2.41. The normalized spacial score (nSPS) is 15.5. The number of methoxy groups -OCH3 is 1. The Bertz CT molecular complexity index is 1470. The first-order chi connectivity index (χ1) is 19.5. The van der Waals surface area contributed by atoms with Crippen LogP contribution < -0.4 is 15.4 Å². The number of nitrogens with one attached hydrogen (secondary N) is 2. The van der Waals surface area contributed by atoms with Crippen molar-refractivity contribution in [1.29, 1.82) is 0 Å². The number of carbonyl (C=O) groups excluding carboxylic acids is 3. The Morgan fingerprint density at radius 2 is 1.80 bits per heavy atom. The van der Waals surface area contributed by atoms with E-state index in [1.165, 1.54) is 16.7 Å². The van der Waals surface area contributed by atoms with Crippen LogP contribution in [0.5, 0.6) is 5.75 Å². The molecule has 9 nitrogen and oxygen atoms in total. The number of anilines is 1. The maximum Gasteiger partial charge on any atom is 0.259 e. The number of benzene rings is 3. The summed E-state index contributed by atoms with van der Waals surface area (Å²) in [6, 6.07) is 23.8. The van der Waals surface area contributed by atoms with Gasteiger partial charge in [0.05, 0.1) is 18.6 Å². The Morgan fingerprint density at radius 3 is 2.62 bits per heavy atom. The second kappa shape index (κ2) is 12.6. The molecule has 0 fully saturated rings. The number of hydrogen-bond donors (Lipinski definition) is 2. The van der Waals surface area contributed by atoms with Crippen LogP contribution in [-0.2, 0) is 20.8 Å². The number of hydrogen-bond acceptors (Lipinski definition) is 7. The van der Waals surface area contributed by atoms with E-state index in [0.29, 0.717) is 34.7 Å². The van der Waals surface area contributed by atoms with Crippen LogP contribution in [0, 0.1) is 0 Å². The summed E-state index contributed by atoms with van der Waals surface area (Å²) < 4.78 is 5.21. The molecule has 3 amide bonds. The van der Waals surface area contributed by atoms with Gasteiger partial charge >= 0.3 is 0 Å². The molecule has 10 heteroatoms. The van der Waals surface area contributed by atoms with Gasteiger partial charge in [-0.15, -0.1) is 0 Å². The average molecular weight is 556 g/mol. The molecule has 0 radical (unpaired) electrons. The smallest absolute Gasteiger partial charge is 0.259 e. The van der Waals surface area contributed by atoms with Gasteiger partial charge in [-0.3, -0.25) is 19.4 Å². The van der Waals surface area contributed by atoms with Crippen LogP contribution in [0.3, 0.4) is 0 Å². The molecule has 0 spiro atoms. The molecule has 2 heterocycles. The zero-order chi connectivity index (χ0) is 27.9. The van der Waals surface area contributed by atoms with Gasteiger partial charge in [0.25, 0.3) is 5.91 Å². The second-order valence-electron chi connectivity index (χ2n) is 9.25. The van der Waals surface area contributed by atoms with Crippen molar-refractivity contribution >= 4 is 51.9 Å². The minimum absolute atomic E-state index is 0.0454. The van der Waals surface area contributed by atoms with Crippen LogP contribution >= 0.6 is 11.8 Å². The number of rotatable bonds is 10. The quantitative estimate of drug-likeness (QED) is 0.390. The molecule has 2 aliphatic rings. The van der Waals surface area contributed by atoms with Crippen LogP contribution in [0.2, 0.25) is 0 Å². The van der Waals surface area contributed by atoms with Crippen molar-refractivity contribution in [2.24, 2.45) is 9.98 Å². The molecule has 2 aliphatic heterocycles. The van der Waals surface area contributed by atoms with E-state index < -0.39 is 6.04 Å². The summed E-state index contributed by atoms with van der Waals surface area (Å²) in [6.07, 6.45) is 1.21. The maximum absolute atomic E-state index is 13.4. The molecule has 40 heavy (non-hydrogen) atoms. The molecule has 0 aromatic heterocycles. The summed E-state index contributed by atoms with van der Waals surface area (Å²) in [6.45, 7) is 0.529. The minimum Gasteiger partial charge on any atom is -0.497 e. The van der Waals surface area contributed by atoms with Crippen molar-refractivity contribution in [1.82, 2.24) is 10.2 Å². The third kappa shape index (κ3) is 6.40. The Balaban J connectivity index is 1.21. The minimum atomic E-state index is -0.697. The van der Waals surface area contributed by atoms with Crippen molar-refractivity contribution < 1.29 is 19.1 Å². The first kappa shape index (κ1) is 27.1. The zero-order valence-corrected chi connectivity index (χ0v) is 22.8. The highest BCUT2D eigenvalue weighted by molar-refractivity contribution is 8.14. The van der Waals surface area contributed by atoms with Gasteiger partial charge in [0.2, 0.25) is 11.8 Å². The topological polar surface area (TPSA) is 112 Å². The Kier molecular flexibility index (Phi) is 8.56. The highest BCUT2D eigenvalue weighted by atomic mass is 32.2. The molecule has 5 rings (SSSR count). The molecule has 0 unspecified atom stereocenters. The third-order valence-corrected chi connectivity index (χ3v) is 7.40. The zero-order valence-electron chi connectivity index (χ0n) is 22.0. The number of fused-ring (bicyclic) bond motifs is 3. The van der Waals surface area contributed by atoms with Gasteiger partial charge in [0, 0.05) is 30.3 Å². The highest BCUT2D eigenvalue weighted by Gasteiger charge is 2.41. The molecular weight excluding hydrogens is 526 g/mol. The van der Waals surface area contributed by atoms with E-state index in [-0.39, 0.29) is 36.3 Å². The van der Waals surface area contributed by atoms with E-state index in [9.17, 15) is 14.4 Å². The standard InChI is InChI=1S/C30H29N5O4S/c1-39-22-11-7-10-21(18-22)32-27(37)19-40-30-34-24-13-6-5-12-23(24)28-33-25(29(38)35(28)30)14-15-26(36)31-17-16-20-8-3-2-4-9-20/h2-13,18,25H,14-17,19H2,1H3,(H,31,36)(H,32,37)/t25-/m1/s1. The van der Waals surface area contributed by atoms with E-state index in [4.69, 9.17) is 9.73 Å². The highest BCUT2D eigenvalue weighted by Crippen LogP contribution is 2.34. The number of aliphatic imine (C=N–C) groups is 2. The van der Waals surface area contributed by atoms with E-state index in [1.54, 1.807) is 31.4 Å². The van der Waals surface area contributed by atoms with Gasteiger partial charge in [-0.05, 0) is 42.7 Å². The average Bonchev–Trinajstić information content (AvgIpc) is 3.32.